The summed E-state index contributed by atoms with van der Waals surface area (Å²) < 4.78 is 0. The number of aryl methyl sites for hydroxylation is 1. The fourth-order valence-corrected chi connectivity index (χ4v) is 6.06. The van der Waals surface area contributed by atoms with Crippen LogP contribution < -0.4 is 4.90 Å². The molecule has 0 saturated carbocycles. The van der Waals surface area contributed by atoms with Crippen molar-refractivity contribution in [2.75, 3.05) is 44.2 Å². The lowest BCUT2D eigenvalue weighted by atomic mass is 9.98. The molecule has 0 unspecified atom stereocenters. The fraction of sp³-hybridized carbons (Fsp3) is 0.517. The molecule has 0 bridgehead atoms. The molecular formula is C29H39ClN6O. The van der Waals surface area contributed by atoms with E-state index >= 15 is 0 Å². The Morgan fingerprint density at radius 2 is 1.86 bits per heavy atom. The number of H-pyrrole nitrogens is 1. The highest BCUT2D eigenvalue weighted by Crippen LogP contribution is 2.32. The molecule has 2 aliphatic rings. The summed E-state index contributed by atoms with van der Waals surface area (Å²) in [6.07, 6.45) is 12.5. The third-order valence-electron chi connectivity index (χ3n) is 8.05. The van der Waals surface area contributed by atoms with E-state index in [0.717, 1.165) is 48.9 Å². The van der Waals surface area contributed by atoms with Gasteiger partial charge in [-0.3, -0.25) is 4.90 Å². The topological polar surface area (TPSA) is 71.5 Å². The molecule has 0 aliphatic carbocycles. The molecule has 7 nitrogen and oxygen atoms in total. The summed E-state index contributed by atoms with van der Waals surface area (Å²) in [4.78, 5) is 19.6. The van der Waals surface area contributed by atoms with Crippen molar-refractivity contribution in [2.24, 2.45) is 0 Å². The summed E-state index contributed by atoms with van der Waals surface area (Å²) in [5.74, 6) is 1.63. The maximum absolute atomic E-state index is 10.7. The molecule has 198 valence electrons. The number of likely N-dealkylation sites (tertiary alicyclic amines) is 1. The minimum Gasteiger partial charge on any atom is -0.504 e. The van der Waals surface area contributed by atoms with Gasteiger partial charge in [-0.05, 0) is 81.9 Å². The molecule has 1 aromatic carbocycles. The van der Waals surface area contributed by atoms with Crippen molar-refractivity contribution in [3.05, 3.63) is 59.5 Å². The van der Waals surface area contributed by atoms with Crippen LogP contribution in [0.1, 0.15) is 44.6 Å². The molecule has 2 aromatic heterocycles. The molecular weight excluding hydrogens is 484 g/mol. The van der Waals surface area contributed by atoms with Gasteiger partial charge in [0.25, 0.3) is 0 Å². The molecule has 37 heavy (non-hydrogen) atoms. The van der Waals surface area contributed by atoms with Crippen molar-refractivity contribution >= 4 is 17.4 Å². The molecule has 0 spiro atoms. The number of unbranched alkanes of at least 4 members (excludes halogenated alkanes) is 1. The quantitative estimate of drug-likeness (QED) is 0.375. The van der Waals surface area contributed by atoms with Crippen LogP contribution in [0.3, 0.4) is 0 Å². The van der Waals surface area contributed by atoms with E-state index in [1.165, 1.54) is 50.9 Å². The van der Waals surface area contributed by atoms with E-state index in [4.69, 9.17) is 11.6 Å². The maximum Gasteiger partial charge on any atom is 0.171 e. The highest BCUT2D eigenvalue weighted by Gasteiger charge is 2.34. The van der Waals surface area contributed by atoms with E-state index in [9.17, 15) is 5.11 Å². The minimum atomic E-state index is 0.224. The summed E-state index contributed by atoms with van der Waals surface area (Å²) in [7, 11) is 0. The summed E-state index contributed by atoms with van der Waals surface area (Å²) >= 11 is 6.00. The van der Waals surface area contributed by atoms with Crippen molar-refractivity contribution in [2.45, 2.75) is 57.5 Å². The predicted molar refractivity (Wildman–Crippen MR) is 150 cm³/mol. The molecule has 2 N–H and O–H groups in total. The summed E-state index contributed by atoms with van der Waals surface area (Å²) in [6.45, 7) is 8.68. The number of rotatable bonds is 9. The average Bonchev–Trinajstić information content (AvgIpc) is 3.47. The first kappa shape index (κ1) is 26.0. The lowest BCUT2D eigenvalue weighted by molar-refractivity contribution is 0.0627. The first-order valence-electron chi connectivity index (χ1n) is 13.8. The number of hydrogen-bond donors (Lipinski definition) is 2. The van der Waals surface area contributed by atoms with Gasteiger partial charge in [0.05, 0.1) is 0 Å². The smallest absolute Gasteiger partial charge is 0.171 e. The van der Waals surface area contributed by atoms with Crippen molar-refractivity contribution in [3.8, 4) is 17.1 Å². The normalized spacial score (nSPS) is 19.9. The molecule has 4 heterocycles. The fourth-order valence-electron chi connectivity index (χ4n) is 5.94. The number of imidazole rings is 1. The summed E-state index contributed by atoms with van der Waals surface area (Å²) in [5, 5.41) is 11.6. The molecule has 3 aromatic rings. The van der Waals surface area contributed by atoms with E-state index in [1.54, 1.807) is 24.7 Å². The number of aromatic hydroxyl groups is 1. The Morgan fingerprint density at radius 1 is 1.05 bits per heavy atom. The number of nitrogens with zero attached hydrogens (tertiary/aromatic N) is 5. The van der Waals surface area contributed by atoms with Crippen LogP contribution in [0, 0.1) is 0 Å². The molecule has 0 radical (unpaired) electrons. The van der Waals surface area contributed by atoms with Gasteiger partial charge in [0, 0.05) is 60.9 Å². The predicted octanol–water partition coefficient (Wildman–Crippen LogP) is 5.22. The zero-order valence-corrected chi connectivity index (χ0v) is 22.6. The third-order valence-corrected chi connectivity index (χ3v) is 8.30. The number of benzene rings is 1. The van der Waals surface area contributed by atoms with Crippen LogP contribution >= 0.6 is 11.6 Å². The second kappa shape index (κ2) is 12.3. The number of anilines is 1. The summed E-state index contributed by atoms with van der Waals surface area (Å²) in [6, 6.07) is 11.2. The molecule has 8 heteroatoms. The Bertz CT molecular complexity index is 1110. The van der Waals surface area contributed by atoms with E-state index < -0.39 is 0 Å². The number of hydrogen-bond acceptors (Lipinski definition) is 6. The second-order valence-electron chi connectivity index (χ2n) is 10.4. The van der Waals surface area contributed by atoms with Gasteiger partial charge in [-0.2, -0.15) is 0 Å². The van der Waals surface area contributed by atoms with Crippen LogP contribution in [-0.4, -0.2) is 81.2 Å². The van der Waals surface area contributed by atoms with E-state index in [1.807, 2.05) is 12.1 Å². The molecule has 1 atom stereocenters. The van der Waals surface area contributed by atoms with Gasteiger partial charge in [0.1, 0.15) is 5.82 Å². The van der Waals surface area contributed by atoms with Gasteiger partial charge in [-0.15, -0.1) is 0 Å². The monoisotopic (exact) mass is 522 g/mol. The van der Waals surface area contributed by atoms with E-state index in [-0.39, 0.29) is 5.75 Å². The third kappa shape index (κ3) is 6.46. The van der Waals surface area contributed by atoms with Crippen LogP contribution in [0.15, 0.2) is 48.9 Å². The molecule has 5 rings (SSSR count). The Kier molecular flexibility index (Phi) is 8.64. The summed E-state index contributed by atoms with van der Waals surface area (Å²) in [5.41, 5.74) is 2.18. The Hall–Kier alpha value is -2.61. The lowest BCUT2D eigenvalue weighted by Gasteiger charge is -2.47. The highest BCUT2D eigenvalue weighted by atomic mass is 35.5. The SMILES string of the molecule is CC[C@H]1CN(c2ncc(-c3ncc[nH]3)cc2O)CCN1C1CCN(CCCCc2ccc(Cl)cc2)CC1. The van der Waals surface area contributed by atoms with Gasteiger partial charge in [0.2, 0.25) is 0 Å². The van der Waals surface area contributed by atoms with Crippen LogP contribution in [-0.2, 0) is 6.42 Å². The first-order valence-corrected chi connectivity index (χ1v) is 14.1. The molecule has 0 amide bonds. The molecule has 2 saturated heterocycles. The number of halogens is 1. The van der Waals surface area contributed by atoms with Gasteiger partial charge < -0.3 is 19.9 Å². The Balaban J connectivity index is 1.08. The number of piperidine rings is 1. The number of aromatic amines is 1. The first-order chi connectivity index (χ1) is 18.1. The van der Waals surface area contributed by atoms with Crippen molar-refractivity contribution in [1.29, 1.82) is 0 Å². The number of piperazine rings is 1. The van der Waals surface area contributed by atoms with E-state index in [0.29, 0.717) is 17.9 Å². The maximum atomic E-state index is 10.7. The second-order valence-corrected chi connectivity index (χ2v) is 10.8. The lowest BCUT2D eigenvalue weighted by Crippen LogP contribution is -2.58. The van der Waals surface area contributed by atoms with Crippen LogP contribution in [0.2, 0.25) is 5.02 Å². The number of pyridine rings is 1. The minimum absolute atomic E-state index is 0.224. The highest BCUT2D eigenvalue weighted by molar-refractivity contribution is 6.30. The molecule has 2 fully saturated rings. The largest absolute Gasteiger partial charge is 0.504 e. The zero-order chi connectivity index (χ0) is 25.6. The van der Waals surface area contributed by atoms with E-state index in [2.05, 4.69) is 48.7 Å². The van der Waals surface area contributed by atoms with Crippen LogP contribution in [0.4, 0.5) is 5.82 Å². The van der Waals surface area contributed by atoms with Crippen molar-refractivity contribution < 1.29 is 5.11 Å². The zero-order valence-electron chi connectivity index (χ0n) is 21.8. The molecule has 2 aliphatic heterocycles. The van der Waals surface area contributed by atoms with Crippen LogP contribution in [0.5, 0.6) is 5.75 Å². The van der Waals surface area contributed by atoms with Gasteiger partial charge in [-0.1, -0.05) is 30.7 Å². The van der Waals surface area contributed by atoms with Gasteiger partial charge in [0.15, 0.2) is 11.6 Å². The Morgan fingerprint density at radius 3 is 2.57 bits per heavy atom. The van der Waals surface area contributed by atoms with Crippen LogP contribution in [0.25, 0.3) is 11.4 Å². The van der Waals surface area contributed by atoms with Crippen molar-refractivity contribution in [1.82, 2.24) is 24.8 Å². The van der Waals surface area contributed by atoms with Crippen molar-refractivity contribution in [3.63, 3.8) is 0 Å². The standard InChI is InChI=1S/C29H39ClN6O/c1-2-25-21-35(29-27(37)19-23(20-33-29)28-31-12-13-32-28)17-18-36(25)26-10-15-34(16-11-26)14-4-3-5-22-6-8-24(30)9-7-22/h6-9,12-13,19-20,25-26,37H,2-5,10-11,14-18,21H2,1H3,(H,31,32)/t25-/m0/s1. The van der Waals surface area contributed by atoms with Gasteiger partial charge in [-0.25, -0.2) is 9.97 Å². The van der Waals surface area contributed by atoms with Gasteiger partial charge >= 0.3 is 0 Å². The Labute approximate surface area is 225 Å². The average molecular weight is 523 g/mol. The number of aromatic nitrogens is 3. The number of nitrogens with one attached hydrogen (secondary N) is 1.